The molecule has 2 heterocycles. The Morgan fingerprint density at radius 2 is 1.91 bits per heavy atom. The second-order valence-corrected chi connectivity index (χ2v) is 9.05. The number of fused-ring (bicyclic) bond motifs is 3. The van der Waals surface area contributed by atoms with E-state index in [1.165, 1.54) is 4.88 Å². The lowest BCUT2D eigenvalue weighted by Gasteiger charge is -2.13. The van der Waals surface area contributed by atoms with Gasteiger partial charge >= 0.3 is 0 Å². The number of rotatable bonds is 5. The highest BCUT2D eigenvalue weighted by molar-refractivity contribution is 7.17. The predicted molar refractivity (Wildman–Crippen MR) is 126 cm³/mol. The zero-order chi connectivity index (χ0) is 22.1. The molecule has 4 aromatic rings. The minimum absolute atomic E-state index is 0.0611. The van der Waals surface area contributed by atoms with E-state index in [4.69, 9.17) is 4.74 Å². The molecular formula is C25H23N3O3S. The van der Waals surface area contributed by atoms with E-state index in [-0.39, 0.29) is 18.1 Å². The number of carbonyl (C=O) groups is 1. The standard InChI is InChI=1S/C25H23N3O3S/c1-16-10-12-17(13-11-16)24(30)27-19-6-2-4-8-21(19)31-15-18-14-23(29)28-20-7-3-5-9-22(20)32-25(28)26-18/h2,4,6,8,10-14H,3,5,7,9,15H2,1H3,(H,27,30). The van der Waals surface area contributed by atoms with Gasteiger partial charge in [-0.3, -0.25) is 14.0 Å². The third kappa shape index (κ3) is 4.03. The van der Waals surface area contributed by atoms with Crippen LogP contribution < -0.4 is 15.6 Å². The molecule has 0 radical (unpaired) electrons. The van der Waals surface area contributed by atoms with Gasteiger partial charge in [-0.05, 0) is 56.9 Å². The number of benzene rings is 2. The number of aryl methyl sites for hydroxylation is 3. The van der Waals surface area contributed by atoms with Crippen LogP contribution in [0.5, 0.6) is 5.75 Å². The second kappa shape index (κ2) is 8.59. The quantitative estimate of drug-likeness (QED) is 0.480. The van der Waals surface area contributed by atoms with Crippen LogP contribution in [0.4, 0.5) is 5.69 Å². The van der Waals surface area contributed by atoms with Crippen LogP contribution in [0.2, 0.25) is 0 Å². The Morgan fingerprint density at radius 3 is 2.75 bits per heavy atom. The summed E-state index contributed by atoms with van der Waals surface area (Å²) >= 11 is 1.60. The van der Waals surface area contributed by atoms with Crippen molar-refractivity contribution in [1.82, 2.24) is 9.38 Å². The zero-order valence-electron chi connectivity index (χ0n) is 17.8. The third-order valence-corrected chi connectivity index (χ3v) is 6.78. The molecule has 0 unspecified atom stereocenters. The largest absolute Gasteiger partial charge is 0.485 e. The molecule has 1 aliphatic rings. The van der Waals surface area contributed by atoms with Crippen molar-refractivity contribution < 1.29 is 9.53 Å². The van der Waals surface area contributed by atoms with Gasteiger partial charge in [0.25, 0.3) is 11.5 Å². The number of hydrogen-bond donors (Lipinski definition) is 1. The van der Waals surface area contributed by atoms with E-state index in [9.17, 15) is 9.59 Å². The molecule has 2 aromatic heterocycles. The first-order valence-electron chi connectivity index (χ1n) is 10.7. The zero-order valence-corrected chi connectivity index (χ0v) is 18.6. The monoisotopic (exact) mass is 445 g/mol. The summed E-state index contributed by atoms with van der Waals surface area (Å²) in [6.07, 6.45) is 4.22. The molecule has 6 nitrogen and oxygen atoms in total. The van der Waals surface area contributed by atoms with E-state index in [0.29, 0.717) is 22.7 Å². The predicted octanol–water partition coefficient (Wildman–Crippen LogP) is 4.77. The molecule has 5 rings (SSSR count). The fourth-order valence-corrected chi connectivity index (χ4v) is 5.19. The summed E-state index contributed by atoms with van der Waals surface area (Å²) in [5, 5.41) is 2.91. The van der Waals surface area contributed by atoms with E-state index in [2.05, 4.69) is 10.3 Å². The minimum atomic E-state index is -0.206. The number of aromatic nitrogens is 2. The molecule has 7 heteroatoms. The van der Waals surface area contributed by atoms with Crippen molar-refractivity contribution in [2.45, 2.75) is 39.2 Å². The first kappa shape index (κ1) is 20.5. The lowest BCUT2D eigenvalue weighted by Crippen LogP contribution is -2.18. The second-order valence-electron chi connectivity index (χ2n) is 7.99. The molecule has 0 spiro atoms. The van der Waals surface area contributed by atoms with E-state index in [1.54, 1.807) is 46.1 Å². The molecule has 0 bridgehead atoms. The number of hydrogen-bond acceptors (Lipinski definition) is 5. The summed E-state index contributed by atoms with van der Waals surface area (Å²) in [4.78, 5) is 32.0. The van der Waals surface area contributed by atoms with E-state index in [0.717, 1.165) is 41.9 Å². The van der Waals surface area contributed by atoms with E-state index >= 15 is 0 Å². The fourth-order valence-electron chi connectivity index (χ4n) is 3.96. The number of para-hydroxylation sites is 2. The highest BCUT2D eigenvalue weighted by Gasteiger charge is 2.18. The van der Waals surface area contributed by atoms with Crippen molar-refractivity contribution in [3.05, 3.63) is 92.3 Å². The summed E-state index contributed by atoms with van der Waals surface area (Å²) in [6, 6.07) is 16.2. The maximum absolute atomic E-state index is 12.8. The number of nitrogens with zero attached hydrogens (tertiary/aromatic N) is 2. The highest BCUT2D eigenvalue weighted by Crippen LogP contribution is 2.29. The van der Waals surface area contributed by atoms with Gasteiger partial charge in [-0.1, -0.05) is 29.8 Å². The molecule has 0 saturated heterocycles. The van der Waals surface area contributed by atoms with Crippen LogP contribution in [0, 0.1) is 6.92 Å². The molecule has 1 amide bonds. The van der Waals surface area contributed by atoms with Gasteiger partial charge in [0.2, 0.25) is 0 Å². The third-order valence-electron chi connectivity index (χ3n) is 5.64. The number of amides is 1. The van der Waals surface area contributed by atoms with Gasteiger partial charge in [0.05, 0.1) is 11.4 Å². The molecule has 0 saturated carbocycles. The normalized spacial score (nSPS) is 13.0. The van der Waals surface area contributed by atoms with Crippen LogP contribution in [0.25, 0.3) is 4.96 Å². The van der Waals surface area contributed by atoms with Crippen LogP contribution >= 0.6 is 11.3 Å². The van der Waals surface area contributed by atoms with Crippen molar-refractivity contribution in [3.8, 4) is 5.75 Å². The molecule has 32 heavy (non-hydrogen) atoms. The Kier molecular flexibility index (Phi) is 5.49. The first-order chi connectivity index (χ1) is 15.6. The highest BCUT2D eigenvalue weighted by atomic mass is 32.1. The van der Waals surface area contributed by atoms with Crippen LogP contribution in [-0.4, -0.2) is 15.3 Å². The van der Waals surface area contributed by atoms with Crippen molar-refractivity contribution in [2.24, 2.45) is 0 Å². The molecule has 1 aliphatic carbocycles. The van der Waals surface area contributed by atoms with Crippen molar-refractivity contribution in [3.63, 3.8) is 0 Å². The van der Waals surface area contributed by atoms with Gasteiger partial charge in [0.15, 0.2) is 4.96 Å². The lowest BCUT2D eigenvalue weighted by atomic mass is 10.0. The Bertz CT molecular complexity index is 1360. The first-order valence-corrected chi connectivity index (χ1v) is 11.5. The molecule has 2 aromatic carbocycles. The minimum Gasteiger partial charge on any atom is -0.485 e. The van der Waals surface area contributed by atoms with Crippen LogP contribution in [-0.2, 0) is 19.4 Å². The smallest absolute Gasteiger partial charge is 0.259 e. The van der Waals surface area contributed by atoms with Gasteiger partial charge in [-0.2, -0.15) is 0 Å². The molecule has 0 fully saturated rings. The topological polar surface area (TPSA) is 72.7 Å². The SMILES string of the molecule is Cc1ccc(C(=O)Nc2ccccc2OCc2cc(=O)n3c4c(sc3n2)CCCC4)cc1. The average Bonchev–Trinajstić information content (AvgIpc) is 3.18. The molecule has 0 atom stereocenters. The summed E-state index contributed by atoms with van der Waals surface area (Å²) in [7, 11) is 0. The molecule has 0 aliphatic heterocycles. The van der Waals surface area contributed by atoms with Crippen molar-refractivity contribution in [1.29, 1.82) is 0 Å². The average molecular weight is 446 g/mol. The Balaban J connectivity index is 1.35. The van der Waals surface area contributed by atoms with Crippen LogP contribution in [0.1, 0.15) is 45.0 Å². The fraction of sp³-hybridized carbons (Fsp3) is 0.240. The maximum atomic E-state index is 12.8. The Morgan fingerprint density at radius 1 is 1.12 bits per heavy atom. The summed E-state index contributed by atoms with van der Waals surface area (Å²) in [5.41, 5.74) is 3.87. The summed E-state index contributed by atoms with van der Waals surface area (Å²) < 4.78 is 7.71. The maximum Gasteiger partial charge on any atom is 0.259 e. The molecule has 1 N–H and O–H groups in total. The van der Waals surface area contributed by atoms with Crippen LogP contribution in [0.3, 0.4) is 0 Å². The Hall–Kier alpha value is -3.45. The van der Waals surface area contributed by atoms with Crippen LogP contribution in [0.15, 0.2) is 59.4 Å². The number of thiazole rings is 1. The summed E-state index contributed by atoms with van der Waals surface area (Å²) in [5.74, 6) is 0.323. The van der Waals surface area contributed by atoms with Gasteiger partial charge < -0.3 is 10.1 Å². The molecule has 162 valence electrons. The summed E-state index contributed by atoms with van der Waals surface area (Å²) in [6.45, 7) is 2.12. The number of nitrogens with one attached hydrogen (secondary N) is 1. The van der Waals surface area contributed by atoms with Gasteiger partial charge in [-0.15, -0.1) is 11.3 Å². The number of anilines is 1. The van der Waals surface area contributed by atoms with E-state index in [1.807, 2.05) is 31.2 Å². The number of ether oxygens (including phenoxy) is 1. The van der Waals surface area contributed by atoms with Gasteiger partial charge in [0, 0.05) is 22.2 Å². The Labute approximate surface area is 189 Å². The van der Waals surface area contributed by atoms with Gasteiger partial charge in [-0.25, -0.2) is 4.98 Å². The lowest BCUT2D eigenvalue weighted by molar-refractivity contribution is 0.102. The van der Waals surface area contributed by atoms with Crippen molar-refractivity contribution >= 4 is 27.9 Å². The van der Waals surface area contributed by atoms with Gasteiger partial charge in [0.1, 0.15) is 12.4 Å². The number of carbonyl (C=O) groups excluding carboxylic acids is 1. The van der Waals surface area contributed by atoms with E-state index < -0.39 is 0 Å². The molecular weight excluding hydrogens is 422 g/mol. The van der Waals surface area contributed by atoms with Crippen molar-refractivity contribution in [2.75, 3.05) is 5.32 Å².